The fraction of sp³-hybridized carbons (Fsp3) is 0.0909. The van der Waals surface area contributed by atoms with Crippen molar-refractivity contribution in [1.82, 2.24) is 5.43 Å². The fourth-order valence-electron chi connectivity index (χ4n) is 2.50. The first-order chi connectivity index (χ1) is 14.1. The van der Waals surface area contributed by atoms with Gasteiger partial charge in [0.05, 0.1) is 18.3 Å². The molecule has 0 bridgehead atoms. The Hall–Kier alpha value is -3.51. The number of ether oxygens (including phenoxy) is 2. The Bertz CT molecular complexity index is 1020. The van der Waals surface area contributed by atoms with E-state index < -0.39 is 5.91 Å². The predicted octanol–water partition coefficient (Wildman–Crippen LogP) is 4.40. The lowest BCUT2D eigenvalue weighted by Crippen LogP contribution is -2.17. The number of benzene rings is 3. The van der Waals surface area contributed by atoms with Gasteiger partial charge in [-0.2, -0.15) is 5.10 Å². The molecule has 148 valence electrons. The molecular weight excluding hydrogens is 392 g/mol. The molecule has 0 radical (unpaired) electrons. The first kappa shape index (κ1) is 20.2. The summed E-state index contributed by atoms with van der Waals surface area (Å²) in [5.74, 6) is 0.562. The Kier molecular flexibility index (Phi) is 6.71. The highest BCUT2D eigenvalue weighted by atomic mass is 35.5. The van der Waals surface area contributed by atoms with Crippen LogP contribution < -0.4 is 14.9 Å². The molecule has 3 aromatic carbocycles. The van der Waals surface area contributed by atoms with Crippen molar-refractivity contribution in [2.24, 2.45) is 5.10 Å². The van der Waals surface area contributed by atoms with Crippen LogP contribution in [0.25, 0.3) is 0 Å². The Morgan fingerprint density at radius 2 is 1.90 bits per heavy atom. The number of phenols is 1. The van der Waals surface area contributed by atoms with Gasteiger partial charge in [-0.15, -0.1) is 0 Å². The number of halogens is 1. The number of amides is 1. The van der Waals surface area contributed by atoms with Gasteiger partial charge in [0.1, 0.15) is 12.4 Å². The third kappa shape index (κ3) is 5.49. The number of nitrogens with one attached hydrogen (secondary N) is 1. The van der Waals surface area contributed by atoms with E-state index >= 15 is 0 Å². The second-order valence-corrected chi connectivity index (χ2v) is 6.46. The first-order valence-electron chi connectivity index (χ1n) is 8.73. The standard InChI is InChI=1S/C22H19ClN2O4/c1-28-21-12-17(8-10-20(21)29-14-15-5-3-2-4-6-15)22(27)25-24-13-16-7-9-19(26)18(23)11-16/h2-13,26H,14H2,1H3,(H,25,27)/b24-13+. The van der Waals surface area contributed by atoms with Gasteiger partial charge < -0.3 is 14.6 Å². The van der Waals surface area contributed by atoms with Crippen LogP contribution in [0.15, 0.2) is 71.8 Å². The SMILES string of the molecule is COc1cc(C(=O)N/N=C/c2ccc(O)c(Cl)c2)ccc1OCc1ccccc1. The number of hydrogen-bond acceptors (Lipinski definition) is 5. The number of carbonyl (C=O) groups is 1. The highest BCUT2D eigenvalue weighted by Crippen LogP contribution is 2.29. The molecule has 0 spiro atoms. The van der Waals surface area contributed by atoms with Gasteiger partial charge in [0.25, 0.3) is 5.91 Å². The summed E-state index contributed by atoms with van der Waals surface area (Å²) in [6.07, 6.45) is 1.43. The molecule has 29 heavy (non-hydrogen) atoms. The third-order valence-electron chi connectivity index (χ3n) is 4.01. The number of hydrazone groups is 1. The van der Waals surface area contributed by atoms with E-state index in [9.17, 15) is 9.90 Å². The lowest BCUT2D eigenvalue weighted by atomic mass is 10.2. The molecule has 0 unspecified atom stereocenters. The summed E-state index contributed by atoms with van der Waals surface area (Å²) in [4.78, 5) is 12.3. The molecule has 0 fully saturated rings. The molecule has 0 atom stereocenters. The largest absolute Gasteiger partial charge is 0.506 e. The number of aromatic hydroxyl groups is 1. The van der Waals surface area contributed by atoms with E-state index in [4.69, 9.17) is 21.1 Å². The molecular formula is C22H19ClN2O4. The van der Waals surface area contributed by atoms with Gasteiger partial charge in [-0.25, -0.2) is 5.43 Å². The maximum absolute atomic E-state index is 12.3. The Morgan fingerprint density at radius 1 is 1.10 bits per heavy atom. The first-order valence-corrected chi connectivity index (χ1v) is 9.11. The second kappa shape index (κ2) is 9.61. The van der Waals surface area contributed by atoms with E-state index in [-0.39, 0.29) is 10.8 Å². The summed E-state index contributed by atoms with van der Waals surface area (Å²) >= 11 is 5.84. The third-order valence-corrected chi connectivity index (χ3v) is 4.32. The van der Waals surface area contributed by atoms with E-state index in [1.165, 1.54) is 25.5 Å². The van der Waals surface area contributed by atoms with Crippen LogP contribution in [-0.4, -0.2) is 24.3 Å². The van der Waals surface area contributed by atoms with Crippen molar-refractivity contribution in [3.8, 4) is 17.2 Å². The van der Waals surface area contributed by atoms with Crippen LogP contribution in [-0.2, 0) is 6.61 Å². The molecule has 1 amide bonds. The van der Waals surface area contributed by atoms with Crippen LogP contribution in [0.4, 0.5) is 0 Å². The number of methoxy groups -OCH3 is 1. The van der Waals surface area contributed by atoms with Gasteiger partial charge >= 0.3 is 0 Å². The monoisotopic (exact) mass is 410 g/mol. The fourth-order valence-corrected chi connectivity index (χ4v) is 2.69. The van der Waals surface area contributed by atoms with Gasteiger partial charge in [0, 0.05) is 5.56 Å². The zero-order valence-corrected chi connectivity index (χ0v) is 16.4. The Morgan fingerprint density at radius 3 is 2.62 bits per heavy atom. The van der Waals surface area contributed by atoms with Gasteiger partial charge in [-0.1, -0.05) is 41.9 Å². The van der Waals surface area contributed by atoms with E-state index in [2.05, 4.69) is 10.5 Å². The molecule has 0 heterocycles. The maximum atomic E-state index is 12.3. The van der Waals surface area contributed by atoms with Crippen molar-refractivity contribution in [1.29, 1.82) is 0 Å². The summed E-state index contributed by atoms with van der Waals surface area (Å²) in [5, 5.41) is 13.5. The zero-order valence-electron chi connectivity index (χ0n) is 15.6. The average Bonchev–Trinajstić information content (AvgIpc) is 2.75. The molecule has 0 aliphatic heterocycles. The Labute approximate surface area is 173 Å². The lowest BCUT2D eigenvalue weighted by molar-refractivity contribution is 0.0954. The lowest BCUT2D eigenvalue weighted by Gasteiger charge is -2.12. The van der Waals surface area contributed by atoms with Crippen LogP contribution in [0.3, 0.4) is 0 Å². The minimum absolute atomic E-state index is 0.0190. The van der Waals surface area contributed by atoms with E-state index in [1.54, 1.807) is 24.3 Å². The van der Waals surface area contributed by atoms with Gasteiger partial charge in [-0.05, 0) is 47.5 Å². The van der Waals surface area contributed by atoms with E-state index in [0.717, 1.165) is 5.56 Å². The molecule has 2 N–H and O–H groups in total. The quantitative estimate of drug-likeness (QED) is 0.447. The summed E-state index contributed by atoms with van der Waals surface area (Å²) in [6, 6.07) is 19.3. The average molecular weight is 411 g/mol. The van der Waals surface area contributed by atoms with Crippen molar-refractivity contribution in [3.05, 3.63) is 88.4 Å². The molecule has 7 heteroatoms. The smallest absolute Gasteiger partial charge is 0.271 e. The minimum Gasteiger partial charge on any atom is -0.506 e. The topological polar surface area (TPSA) is 80.2 Å². The molecule has 0 saturated heterocycles. The van der Waals surface area contributed by atoms with Crippen molar-refractivity contribution in [2.75, 3.05) is 7.11 Å². The summed E-state index contributed by atoms with van der Waals surface area (Å²) in [6.45, 7) is 0.391. The van der Waals surface area contributed by atoms with Crippen LogP contribution in [0.2, 0.25) is 5.02 Å². The number of phenolic OH excluding ortho intramolecular Hbond substituents is 1. The molecule has 0 aliphatic rings. The van der Waals surface area contributed by atoms with Crippen molar-refractivity contribution >= 4 is 23.7 Å². The van der Waals surface area contributed by atoms with Crippen LogP contribution in [0, 0.1) is 0 Å². The highest BCUT2D eigenvalue weighted by Gasteiger charge is 2.11. The van der Waals surface area contributed by atoms with Crippen molar-refractivity contribution in [3.63, 3.8) is 0 Å². The normalized spacial score (nSPS) is 10.7. The van der Waals surface area contributed by atoms with E-state index in [0.29, 0.717) is 29.2 Å². The molecule has 6 nitrogen and oxygen atoms in total. The number of carbonyl (C=O) groups excluding carboxylic acids is 1. The molecule has 3 rings (SSSR count). The molecule has 0 aliphatic carbocycles. The predicted molar refractivity (Wildman–Crippen MR) is 112 cm³/mol. The zero-order chi connectivity index (χ0) is 20.6. The second-order valence-electron chi connectivity index (χ2n) is 6.05. The number of hydrogen-bond donors (Lipinski definition) is 2. The summed E-state index contributed by atoms with van der Waals surface area (Å²) in [5.41, 5.74) is 4.47. The van der Waals surface area contributed by atoms with Gasteiger partial charge in [0.15, 0.2) is 11.5 Å². The van der Waals surface area contributed by atoms with Crippen LogP contribution >= 0.6 is 11.6 Å². The summed E-state index contributed by atoms with van der Waals surface area (Å²) < 4.78 is 11.1. The van der Waals surface area contributed by atoms with Crippen LogP contribution in [0.1, 0.15) is 21.5 Å². The van der Waals surface area contributed by atoms with Gasteiger partial charge in [0.2, 0.25) is 0 Å². The van der Waals surface area contributed by atoms with Crippen LogP contribution in [0.5, 0.6) is 17.2 Å². The van der Waals surface area contributed by atoms with E-state index in [1.807, 2.05) is 30.3 Å². The van der Waals surface area contributed by atoms with Crippen molar-refractivity contribution in [2.45, 2.75) is 6.61 Å². The maximum Gasteiger partial charge on any atom is 0.271 e. The summed E-state index contributed by atoms with van der Waals surface area (Å²) in [7, 11) is 1.51. The number of nitrogens with zero attached hydrogens (tertiary/aromatic N) is 1. The molecule has 0 aromatic heterocycles. The number of rotatable bonds is 7. The molecule has 0 saturated carbocycles. The Balaban J connectivity index is 1.64. The minimum atomic E-state index is -0.404. The molecule has 3 aromatic rings. The highest BCUT2D eigenvalue weighted by molar-refractivity contribution is 6.32. The van der Waals surface area contributed by atoms with Crippen molar-refractivity contribution < 1.29 is 19.4 Å². The van der Waals surface area contributed by atoms with Gasteiger partial charge in [-0.3, -0.25) is 4.79 Å².